The minimum Gasteiger partial charge on any atom is -0.339 e. The Morgan fingerprint density at radius 2 is 2.14 bits per heavy atom. The summed E-state index contributed by atoms with van der Waals surface area (Å²) in [5.74, 6) is -0.258. The molecule has 22 heavy (non-hydrogen) atoms. The van der Waals surface area contributed by atoms with Gasteiger partial charge in [-0.3, -0.25) is 14.2 Å². The molecular formula is C13H19N3O5S. The van der Waals surface area contributed by atoms with Crippen LogP contribution in [0.1, 0.15) is 18.9 Å². The fourth-order valence-electron chi connectivity index (χ4n) is 2.67. The standard InChI is InChI=1S/C13H19N3O5S/c1-3-16(10-4-5-22(20,21)8-10)11(17)6-9-7-14-13(19)15(2)12(9)18/h7,10H,3-6,8H2,1-2H3,(H,14,19)/t10-/m0/s1. The summed E-state index contributed by atoms with van der Waals surface area (Å²) in [7, 11) is -1.76. The number of hydrogen-bond acceptors (Lipinski definition) is 5. The molecule has 8 nitrogen and oxygen atoms in total. The molecule has 0 aromatic carbocycles. The SMILES string of the molecule is CCN(C(=O)Cc1c[nH]c(=O)n(C)c1=O)[C@H]1CCS(=O)(=O)C1. The van der Waals surface area contributed by atoms with Crippen LogP contribution in [0, 0.1) is 0 Å². The van der Waals surface area contributed by atoms with Crippen molar-refractivity contribution in [1.29, 1.82) is 0 Å². The largest absolute Gasteiger partial charge is 0.339 e. The van der Waals surface area contributed by atoms with E-state index in [1.165, 1.54) is 18.1 Å². The average Bonchev–Trinajstić information content (AvgIpc) is 2.80. The van der Waals surface area contributed by atoms with Gasteiger partial charge in [0.1, 0.15) is 0 Å². The van der Waals surface area contributed by atoms with Crippen molar-refractivity contribution in [2.45, 2.75) is 25.8 Å². The zero-order valence-corrected chi connectivity index (χ0v) is 13.4. The highest BCUT2D eigenvalue weighted by molar-refractivity contribution is 7.91. The lowest BCUT2D eigenvalue weighted by atomic mass is 10.1. The van der Waals surface area contributed by atoms with Crippen molar-refractivity contribution in [2.75, 3.05) is 18.1 Å². The van der Waals surface area contributed by atoms with Crippen LogP contribution in [0.2, 0.25) is 0 Å². The van der Waals surface area contributed by atoms with E-state index >= 15 is 0 Å². The maximum atomic E-state index is 12.4. The number of likely N-dealkylation sites (N-methyl/N-ethyl adjacent to an activating group) is 1. The first-order valence-corrected chi connectivity index (χ1v) is 8.84. The van der Waals surface area contributed by atoms with Crippen LogP contribution < -0.4 is 11.2 Å². The van der Waals surface area contributed by atoms with E-state index in [9.17, 15) is 22.8 Å². The molecule has 0 radical (unpaired) electrons. The van der Waals surface area contributed by atoms with E-state index in [0.717, 1.165) is 4.57 Å². The summed E-state index contributed by atoms with van der Waals surface area (Å²) < 4.78 is 24.0. The number of sulfone groups is 1. The summed E-state index contributed by atoms with van der Waals surface area (Å²) >= 11 is 0. The molecule has 2 rings (SSSR count). The molecule has 1 aromatic rings. The first-order chi connectivity index (χ1) is 10.2. The highest BCUT2D eigenvalue weighted by atomic mass is 32.2. The average molecular weight is 329 g/mol. The van der Waals surface area contributed by atoms with Crippen LogP contribution in [-0.2, 0) is 28.1 Å². The Hall–Kier alpha value is -1.90. The molecular weight excluding hydrogens is 310 g/mol. The van der Waals surface area contributed by atoms with Crippen LogP contribution in [0.4, 0.5) is 0 Å². The number of nitrogens with one attached hydrogen (secondary N) is 1. The summed E-state index contributed by atoms with van der Waals surface area (Å²) in [4.78, 5) is 39.5. The second-order valence-corrected chi connectivity index (χ2v) is 7.63. The Labute approximate surface area is 127 Å². The molecule has 0 saturated carbocycles. The van der Waals surface area contributed by atoms with Gasteiger partial charge in [-0.05, 0) is 13.3 Å². The highest BCUT2D eigenvalue weighted by Gasteiger charge is 2.34. The number of hydrogen-bond donors (Lipinski definition) is 1. The fraction of sp³-hybridized carbons (Fsp3) is 0.615. The zero-order valence-electron chi connectivity index (χ0n) is 12.5. The summed E-state index contributed by atoms with van der Waals surface area (Å²) in [5.41, 5.74) is -0.881. The normalized spacial score (nSPS) is 20.0. The van der Waals surface area contributed by atoms with Gasteiger partial charge in [-0.25, -0.2) is 13.2 Å². The maximum Gasteiger partial charge on any atom is 0.328 e. The molecule has 1 fully saturated rings. The smallest absolute Gasteiger partial charge is 0.328 e. The number of aromatic amines is 1. The van der Waals surface area contributed by atoms with E-state index in [-0.39, 0.29) is 35.4 Å². The topological polar surface area (TPSA) is 109 Å². The van der Waals surface area contributed by atoms with Gasteiger partial charge in [0, 0.05) is 31.4 Å². The number of carbonyl (C=O) groups excluding carboxylic acids is 1. The molecule has 2 heterocycles. The van der Waals surface area contributed by atoms with E-state index < -0.39 is 21.1 Å². The summed E-state index contributed by atoms with van der Waals surface area (Å²) in [6.45, 7) is 2.15. The third-order valence-electron chi connectivity index (χ3n) is 3.91. The summed E-state index contributed by atoms with van der Waals surface area (Å²) in [6.07, 6.45) is 1.50. The molecule has 1 atom stereocenters. The third-order valence-corrected chi connectivity index (χ3v) is 5.66. The van der Waals surface area contributed by atoms with Crippen molar-refractivity contribution in [1.82, 2.24) is 14.5 Å². The molecule has 122 valence electrons. The third kappa shape index (κ3) is 3.29. The number of H-pyrrole nitrogens is 1. The molecule has 1 aromatic heterocycles. The van der Waals surface area contributed by atoms with Crippen LogP contribution in [0.3, 0.4) is 0 Å². The molecule has 1 N–H and O–H groups in total. The monoisotopic (exact) mass is 329 g/mol. The number of amides is 1. The highest BCUT2D eigenvalue weighted by Crippen LogP contribution is 2.18. The summed E-state index contributed by atoms with van der Waals surface area (Å²) in [5, 5.41) is 0. The van der Waals surface area contributed by atoms with Crippen molar-refractivity contribution in [3.63, 3.8) is 0 Å². The van der Waals surface area contributed by atoms with Gasteiger partial charge in [-0.15, -0.1) is 0 Å². The van der Waals surface area contributed by atoms with E-state index in [0.29, 0.717) is 13.0 Å². The van der Waals surface area contributed by atoms with Gasteiger partial charge in [0.15, 0.2) is 9.84 Å². The minimum absolute atomic E-state index is 0.0315. The van der Waals surface area contributed by atoms with Gasteiger partial charge >= 0.3 is 5.69 Å². The Morgan fingerprint density at radius 1 is 1.45 bits per heavy atom. The van der Waals surface area contributed by atoms with Gasteiger partial charge < -0.3 is 9.88 Å². The zero-order chi connectivity index (χ0) is 16.5. The predicted octanol–water partition coefficient (Wildman–Crippen LogP) is -1.35. The molecule has 1 amide bonds. The fourth-order valence-corrected chi connectivity index (χ4v) is 4.40. The first kappa shape index (κ1) is 16.5. The van der Waals surface area contributed by atoms with Gasteiger partial charge in [-0.2, -0.15) is 0 Å². The van der Waals surface area contributed by atoms with Crippen molar-refractivity contribution >= 4 is 15.7 Å². The Bertz CT molecular complexity index is 793. The van der Waals surface area contributed by atoms with Gasteiger partial charge in [-0.1, -0.05) is 0 Å². The van der Waals surface area contributed by atoms with Gasteiger partial charge in [0.2, 0.25) is 5.91 Å². The lowest BCUT2D eigenvalue weighted by Gasteiger charge is -2.26. The van der Waals surface area contributed by atoms with E-state index in [4.69, 9.17) is 0 Å². The van der Waals surface area contributed by atoms with Crippen LogP contribution in [0.15, 0.2) is 15.8 Å². The predicted molar refractivity (Wildman–Crippen MR) is 80.5 cm³/mol. The second kappa shape index (κ2) is 6.07. The Morgan fingerprint density at radius 3 is 2.68 bits per heavy atom. The van der Waals surface area contributed by atoms with Gasteiger partial charge in [0.25, 0.3) is 5.56 Å². The Kier molecular flexibility index (Phi) is 4.55. The van der Waals surface area contributed by atoms with Crippen LogP contribution in [-0.4, -0.2) is 52.9 Å². The Balaban J connectivity index is 2.19. The van der Waals surface area contributed by atoms with Gasteiger partial charge in [0.05, 0.1) is 17.9 Å². The maximum absolute atomic E-state index is 12.4. The quantitative estimate of drug-likeness (QED) is 0.735. The van der Waals surface area contributed by atoms with Crippen molar-refractivity contribution in [3.05, 3.63) is 32.6 Å². The lowest BCUT2D eigenvalue weighted by molar-refractivity contribution is -0.132. The second-order valence-electron chi connectivity index (χ2n) is 5.40. The van der Waals surface area contributed by atoms with Crippen molar-refractivity contribution < 1.29 is 13.2 Å². The van der Waals surface area contributed by atoms with Crippen LogP contribution >= 0.6 is 0 Å². The lowest BCUT2D eigenvalue weighted by Crippen LogP contribution is -2.43. The molecule has 1 aliphatic heterocycles. The van der Waals surface area contributed by atoms with Crippen LogP contribution in [0.5, 0.6) is 0 Å². The first-order valence-electron chi connectivity index (χ1n) is 7.02. The molecule has 0 spiro atoms. The molecule has 0 unspecified atom stereocenters. The van der Waals surface area contributed by atoms with E-state index in [2.05, 4.69) is 4.98 Å². The van der Waals surface area contributed by atoms with Crippen molar-refractivity contribution in [2.24, 2.45) is 7.05 Å². The molecule has 9 heteroatoms. The molecule has 1 saturated heterocycles. The van der Waals surface area contributed by atoms with E-state index in [1.54, 1.807) is 6.92 Å². The van der Waals surface area contributed by atoms with Crippen molar-refractivity contribution in [3.8, 4) is 0 Å². The minimum atomic E-state index is -3.08. The van der Waals surface area contributed by atoms with E-state index in [1.807, 2.05) is 0 Å². The molecule has 0 aliphatic carbocycles. The summed E-state index contributed by atoms with van der Waals surface area (Å²) in [6, 6.07) is -0.339. The number of nitrogens with zero attached hydrogens (tertiary/aromatic N) is 2. The number of rotatable bonds is 4. The molecule has 0 bridgehead atoms. The number of carbonyl (C=O) groups is 1. The molecule has 1 aliphatic rings. The van der Waals surface area contributed by atoms with Crippen LogP contribution in [0.25, 0.3) is 0 Å². The number of aromatic nitrogens is 2.